The molecule has 2 aromatic rings. The standard InChI is InChI=1S/C19H19NO8/c21-15-16(22)19(26-13-8-6-12(7-9-13)20(23)24)27-14-10-25-18(28-17(14)15)11-4-2-1-3-5-11/h1-9,14-19,21-22H,10H2/t14-,15-,16-,17+,18+,19+/m1/s1. The number of rotatable bonds is 4. The van der Waals surface area contributed by atoms with Crippen LogP contribution in [0.5, 0.6) is 5.75 Å². The Morgan fingerprint density at radius 2 is 1.71 bits per heavy atom. The van der Waals surface area contributed by atoms with Crippen molar-refractivity contribution in [2.45, 2.75) is 37.0 Å². The molecule has 148 valence electrons. The van der Waals surface area contributed by atoms with Crippen molar-refractivity contribution in [1.29, 1.82) is 0 Å². The number of nitrogens with zero attached hydrogens (tertiary/aromatic N) is 1. The van der Waals surface area contributed by atoms with E-state index in [0.29, 0.717) is 0 Å². The van der Waals surface area contributed by atoms with Crippen molar-refractivity contribution in [2.75, 3.05) is 6.61 Å². The van der Waals surface area contributed by atoms with Crippen LogP contribution in [0.3, 0.4) is 0 Å². The third-order valence-electron chi connectivity index (χ3n) is 4.70. The normalized spacial score (nSPS) is 32.4. The quantitative estimate of drug-likeness (QED) is 0.597. The monoisotopic (exact) mass is 389 g/mol. The highest BCUT2D eigenvalue weighted by Crippen LogP contribution is 2.34. The molecule has 0 radical (unpaired) electrons. The molecule has 2 aliphatic rings. The van der Waals surface area contributed by atoms with Gasteiger partial charge in [0.1, 0.15) is 30.2 Å². The fourth-order valence-electron chi connectivity index (χ4n) is 3.23. The molecular formula is C19H19NO8. The van der Waals surface area contributed by atoms with Gasteiger partial charge in [0.25, 0.3) is 5.69 Å². The highest BCUT2D eigenvalue weighted by Gasteiger charge is 2.49. The van der Waals surface area contributed by atoms with Crippen molar-refractivity contribution in [3.05, 3.63) is 70.3 Å². The van der Waals surface area contributed by atoms with Crippen LogP contribution < -0.4 is 4.74 Å². The van der Waals surface area contributed by atoms with E-state index in [9.17, 15) is 20.3 Å². The lowest BCUT2D eigenvalue weighted by atomic mass is 9.98. The summed E-state index contributed by atoms with van der Waals surface area (Å²) in [4.78, 5) is 10.2. The number of ether oxygens (including phenoxy) is 4. The van der Waals surface area contributed by atoms with Crippen LogP contribution >= 0.6 is 0 Å². The maximum Gasteiger partial charge on any atom is 0.269 e. The Hall–Kier alpha value is -2.56. The van der Waals surface area contributed by atoms with Gasteiger partial charge >= 0.3 is 0 Å². The van der Waals surface area contributed by atoms with Gasteiger partial charge in [-0.05, 0) is 12.1 Å². The van der Waals surface area contributed by atoms with E-state index in [0.717, 1.165) is 5.56 Å². The molecule has 6 atom stereocenters. The van der Waals surface area contributed by atoms with Crippen molar-refractivity contribution in [1.82, 2.24) is 0 Å². The van der Waals surface area contributed by atoms with Gasteiger partial charge in [0, 0.05) is 17.7 Å². The molecular weight excluding hydrogens is 370 g/mol. The summed E-state index contributed by atoms with van der Waals surface area (Å²) in [6.07, 6.45) is -5.88. The molecule has 2 N–H and O–H groups in total. The average molecular weight is 389 g/mol. The Kier molecular flexibility index (Phi) is 5.25. The first kappa shape index (κ1) is 18.8. The molecule has 2 aliphatic heterocycles. The Bertz CT molecular complexity index is 812. The van der Waals surface area contributed by atoms with Gasteiger partial charge in [-0.25, -0.2) is 0 Å². The lowest BCUT2D eigenvalue weighted by Crippen LogP contribution is -2.62. The smallest absolute Gasteiger partial charge is 0.269 e. The van der Waals surface area contributed by atoms with Gasteiger partial charge in [-0.2, -0.15) is 0 Å². The largest absolute Gasteiger partial charge is 0.462 e. The Balaban J connectivity index is 1.43. The lowest BCUT2D eigenvalue weighted by Gasteiger charge is -2.46. The summed E-state index contributed by atoms with van der Waals surface area (Å²) in [5, 5.41) is 31.7. The van der Waals surface area contributed by atoms with Crippen LogP contribution in [0.2, 0.25) is 0 Å². The van der Waals surface area contributed by atoms with Gasteiger partial charge in [-0.1, -0.05) is 30.3 Å². The van der Waals surface area contributed by atoms with Crippen molar-refractivity contribution < 1.29 is 34.1 Å². The number of aliphatic hydroxyl groups is 2. The Morgan fingerprint density at radius 3 is 2.39 bits per heavy atom. The summed E-state index contributed by atoms with van der Waals surface area (Å²) >= 11 is 0. The van der Waals surface area contributed by atoms with Gasteiger partial charge in [-0.3, -0.25) is 10.1 Å². The molecule has 9 nitrogen and oxygen atoms in total. The van der Waals surface area contributed by atoms with Crippen LogP contribution in [0, 0.1) is 10.1 Å². The first-order valence-corrected chi connectivity index (χ1v) is 8.77. The van der Waals surface area contributed by atoms with Crippen molar-refractivity contribution in [3.63, 3.8) is 0 Å². The highest BCUT2D eigenvalue weighted by molar-refractivity contribution is 5.36. The van der Waals surface area contributed by atoms with E-state index < -0.39 is 41.9 Å². The van der Waals surface area contributed by atoms with Gasteiger partial charge in [0.15, 0.2) is 6.29 Å². The maximum absolute atomic E-state index is 10.7. The van der Waals surface area contributed by atoms with Gasteiger partial charge in [0.05, 0.1) is 11.5 Å². The third kappa shape index (κ3) is 3.71. The van der Waals surface area contributed by atoms with Crippen molar-refractivity contribution in [2.24, 2.45) is 0 Å². The minimum absolute atomic E-state index is 0.0846. The molecule has 0 saturated carbocycles. The fourth-order valence-corrected chi connectivity index (χ4v) is 3.23. The number of hydrogen-bond donors (Lipinski definition) is 2. The first-order chi connectivity index (χ1) is 13.5. The summed E-state index contributed by atoms with van der Waals surface area (Å²) in [7, 11) is 0. The SMILES string of the molecule is O=[N+]([O-])c1ccc(O[C@H]2O[C@@H]3CO[C@H](c4ccccc4)O[C@@H]3[C@H](O)[C@H]2O)cc1. The molecule has 0 unspecified atom stereocenters. The van der Waals surface area contributed by atoms with Crippen LogP contribution in [0.1, 0.15) is 11.9 Å². The molecule has 0 bridgehead atoms. The van der Waals surface area contributed by atoms with E-state index >= 15 is 0 Å². The summed E-state index contributed by atoms with van der Waals surface area (Å²) in [5.41, 5.74) is 0.713. The zero-order chi connectivity index (χ0) is 19.7. The fraction of sp³-hybridized carbons (Fsp3) is 0.368. The molecule has 0 amide bonds. The molecule has 2 fully saturated rings. The first-order valence-electron chi connectivity index (χ1n) is 8.77. The summed E-state index contributed by atoms with van der Waals surface area (Å²) in [6, 6.07) is 14.6. The van der Waals surface area contributed by atoms with Crippen LogP contribution in [0.25, 0.3) is 0 Å². The minimum Gasteiger partial charge on any atom is -0.462 e. The lowest BCUT2D eigenvalue weighted by molar-refractivity contribution is -0.384. The van der Waals surface area contributed by atoms with E-state index in [1.807, 2.05) is 30.3 Å². The predicted molar refractivity (Wildman–Crippen MR) is 94.4 cm³/mol. The second-order valence-electron chi connectivity index (χ2n) is 6.57. The Labute approximate surface area is 160 Å². The molecule has 28 heavy (non-hydrogen) atoms. The van der Waals surface area contributed by atoms with Crippen LogP contribution in [0.15, 0.2) is 54.6 Å². The molecule has 4 rings (SSSR count). The topological polar surface area (TPSA) is 121 Å². The van der Waals surface area contributed by atoms with Gasteiger partial charge in [-0.15, -0.1) is 0 Å². The summed E-state index contributed by atoms with van der Waals surface area (Å²) in [5.74, 6) is 0.264. The molecule has 2 aromatic carbocycles. The van der Waals surface area contributed by atoms with Crippen LogP contribution in [-0.4, -0.2) is 52.4 Å². The van der Waals surface area contributed by atoms with Crippen molar-refractivity contribution >= 4 is 5.69 Å². The maximum atomic E-state index is 10.7. The number of benzene rings is 2. The summed E-state index contributed by atoms with van der Waals surface area (Å²) in [6.45, 7) is 0.147. The minimum atomic E-state index is -1.37. The number of nitro benzene ring substituents is 1. The van der Waals surface area contributed by atoms with Crippen LogP contribution in [-0.2, 0) is 14.2 Å². The van der Waals surface area contributed by atoms with E-state index in [1.54, 1.807) is 0 Å². The van der Waals surface area contributed by atoms with E-state index in [2.05, 4.69) is 0 Å². The molecule has 0 spiro atoms. The highest BCUT2D eigenvalue weighted by atomic mass is 16.8. The van der Waals surface area contributed by atoms with E-state index in [4.69, 9.17) is 18.9 Å². The summed E-state index contributed by atoms with van der Waals surface area (Å²) < 4.78 is 22.8. The van der Waals surface area contributed by atoms with Gasteiger partial charge < -0.3 is 29.2 Å². The number of nitro groups is 1. The molecule has 2 heterocycles. The number of non-ortho nitro benzene ring substituents is 1. The number of hydrogen-bond acceptors (Lipinski definition) is 8. The van der Waals surface area contributed by atoms with Crippen molar-refractivity contribution in [3.8, 4) is 5.75 Å². The molecule has 2 saturated heterocycles. The molecule has 9 heteroatoms. The zero-order valence-corrected chi connectivity index (χ0v) is 14.7. The molecule has 0 aromatic heterocycles. The number of fused-ring (bicyclic) bond motifs is 1. The van der Waals surface area contributed by atoms with Gasteiger partial charge in [0.2, 0.25) is 6.29 Å². The second kappa shape index (κ2) is 7.82. The van der Waals surface area contributed by atoms with E-state index in [-0.39, 0.29) is 18.0 Å². The second-order valence-corrected chi connectivity index (χ2v) is 6.57. The predicted octanol–water partition coefficient (Wildman–Crippen LogP) is 1.53. The average Bonchev–Trinajstić information content (AvgIpc) is 2.72. The number of aliphatic hydroxyl groups excluding tert-OH is 2. The van der Waals surface area contributed by atoms with E-state index in [1.165, 1.54) is 24.3 Å². The van der Waals surface area contributed by atoms with Crippen LogP contribution in [0.4, 0.5) is 5.69 Å². The Morgan fingerprint density at radius 1 is 1.00 bits per heavy atom. The third-order valence-corrected chi connectivity index (χ3v) is 4.70. The zero-order valence-electron chi connectivity index (χ0n) is 14.7. The molecule has 0 aliphatic carbocycles.